The van der Waals surface area contributed by atoms with Crippen LogP contribution in [-0.4, -0.2) is 27.4 Å². The zero-order valence-corrected chi connectivity index (χ0v) is 10.3. The summed E-state index contributed by atoms with van der Waals surface area (Å²) in [6.45, 7) is 6.10. The van der Waals surface area contributed by atoms with E-state index in [1.54, 1.807) is 14.2 Å². The Balaban J connectivity index is 4.03. The largest absolute Gasteiger partial charge is 0.384 e. The van der Waals surface area contributed by atoms with Gasteiger partial charge in [0.15, 0.2) is 0 Å². The molecule has 0 saturated heterocycles. The van der Waals surface area contributed by atoms with Gasteiger partial charge in [-0.3, -0.25) is 0 Å². The predicted molar refractivity (Wildman–Crippen MR) is 60.6 cm³/mol. The van der Waals surface area contributed by atoms with Crippen LogP contribution in [0.4, 0.5) is 0 Å². The van der Waals surface area contributed by atoms with E-state index in [9.17, 15) is 0 Å². The maximum atomic E-state index is 5.30. The Hall–Kier alpha value is -0.0800. The van der Waals surface area contributed by atoms with Gasteiger partial charge in [0.05, 0.1) is 13.2 Å². The van der Waals surface area contributed by atoms with Crippen molar-refractivity contribution in [1.82, 2.24) is 0 Å². The van der Waals surface area contributed by atoms with Gasteiger partial charge in [-0.15, -0.1) is 0 Å². The summed E-state index contributed by atoms with van der Waals surface area (Å²) in [5.74, 6) is 0. The van der Waals surface area contributed by atoms with Crippen molar-refractivity contribution in [3.63, 3.8) is 0 Å². The topological polar surface area (TPSA) is 18.5 Å². The first-order chi connectivity index (χ1) is 6.74. The van der Waals surface area contributed by atoms with E-state index in [-0.39, 0.29) is 5.41 Å². The Morgan fingerprint density at radius 1 is 0.929 bits per heavy atom. The average Bonchev–Trinajstić information content (AvgIpc) is 2.19. The number of unbranched alkanes of at least 4 members (excludes halogenated alkanes) is 2. The lowest BCUT2D eigenvalue weighted by molar-refractivity contribution is 0.000264. The van der Waals surface area contributed by atoms with Crippen molar-refractivity contribution in [2.75, 3.05) is 27.4 Å². The van der Waals surface area contributed by atoms with Gasteiger partial charge in [0.25, 0.3) is 0 Å². The molecule has 2 heteroatoms. The van der Waals surface area contributed by atoms with E-state index in [0.717, 1.165) is 19.6 Å². The van der Waals surface area contributed by atoms with Gasteiger partial charge in [0.1, 0.15) is 0 Å². The van der Waals surface area contributed by atoms with Crippen LogP contribution < -0.4 is 0 Å². The van der Waals surface area contributed by atoms with Gasteiger partial charge in [0, 0.05) is 19.6 Å². The number of hydrogen-bond acceptors (Lipinski definition) is 2. The third kappa shape index (κ3) is 4.97. The summed E-state index contributed by atoms with van der Waals surface area (Å²) < 4.78 is 10.6. The molecule has 0 unspecified atom stereocenters. The van der Waals surface area contributed by atoms with Gasteiger partial charge in [-0.1, -0.05) is 33.1 Å². The summed E-state index contributed by atoms with van der Waals surface area (Å²) in [7, 11) is 3.56. The first kappa shape index (κ1) is 13.9. The molecule has 0 rings (SSSR count). The fourth-order valence-corrected chi connectivity index (χ4v) is 1.93. The van der Waals surface area contributed by atoms with Crippen LogP contribution in [0, 0.1) is 5.41 Å². The molecular formula is C12H26O2. The zero-order valence-electron chi connectivity index (χ0n) is 10.3. The van der Waals surface area contributed by atoms with Gasteiger partial charge >= 0.3 is 0 Å². The molecular weight excluding hydrogens is 176 g/mol. The molecule has 0 aliphatic carbocycles. The number of rotatable bonds is 9. The van der Waals surface area contributed by atoms with Crippen molar-refractivity contribution < 1.29 is 9.47 Å². The lowest BCUT2D eigenvalue weighted by atomic mass is 9.81. The third-order valence-corrected chi connectivity index (χ3v) is 2.96. The van der Waals surface area contributed by atoms with Crippen molar-refractivity contribution in [1.29, 1.82) is 0 Å². The van der Waals surface area contributed by atoms with Gasteiger partial charge in [0.2, 0.25) is 0 Å². The van der Waals surface area contributed by atoms with Crippen molar-refractivity contribution in [3.8, 4) is 0 Å². The summed E-state index contributed by atoms with van der Waals surface area (Å²) in [5.41, 5.74) is 0.249. The summed E-state index contributed by atoms with van der Waals surface area (Å²) in [4.78, 5) is 0. The van der Waals surface area contributed by atoms with Crippen LogP contribution in [0.5, 0.6) is 0 Å². The molecule has 0 spiro atoms. The van der Waals surface area contributed by atoms with Crippen molar-refractivity contribution in [2.45, 2.75) is 46.0 Å². The third-order valence-electron chi connectivity index (χ3n) is 2.96. The van der Waals surface area contributed by atoms with E-state index in [1.165, 1.54) is 25.7 Å². The minimum atomic E-state index is 0.249. The highest BCUT2D eigenvalue weighted by Crippen LogP contribution is 2.29. The fourth-order valence-electron chi connectivity index (χ4n) is 1.93. The highest BCUT2D eigenvalue weighted by Gasteiger charge is 2.27. The molecule has 0 fully saturated rings. The molecule has 0 bridgehead atoms. The Morgan fingerprint density at radius 3 is 1.86 bits per heavy atom. The van der Waals surface area contributed by atoms with Crippen LogP contribution in [0.15, 0.2) is 0 Å². The number of ether oxygens (including phenoxy) is 2. The molecule has 0 amide bonds. The lowest BCUT2D eigenvalue weighted by Crippen LogP contribution is -2.31. The summed E-state index contributed by atoms with van der Waals surface area (Å²) in [5, 5.41) is 0. The number of methoxy groups -OCH3 is 2. The Labute approximate surface area is 89.0 Å². The van der Waals surface area contributed by atoms with E-state index >= 15 is 0 Å². The standard InChI is InChI=1S/C12H26O2/c1-5-7-8-9-12(6-2,10-13-3)11-14-4/h5-11H2,1-4H3. The van der Waals surface area contributed by atoms with Gasteiger partial charge in [-0.05, 0) is 12.8 Å². The maximum absolute atomic E-state index is 5.30. The first-order valence-corrected chi connectivity index (χ1v) is 5.72. The second kappa shape index (κ2) is 8.25. The highest BCUT2D eigenvalue weighted by molar-refractivity contribution is 4.77. The van der Waals surface area contributed by atoms with Crippen molar-refractivity contribution in [3.05, 3.63) is 0 Å². The van der Waals surface area contributed by atoms with Crippen LogP contribution in [0.2, 0.25) is 0 Å². The van der Waals surface area contributed by atoms with E-state index in [0.29, 0.717) is 0 Å². The molecule has 14 heavy (non-hydrogen) atoms. The SMILES string of the molecule is CCCCCC(CC)(COC)COC. The minimum absolute atomic E-state index is 0.249. The molecule has 0 aromatic heterocycles. The first-order valence-electron chi connectivity index (χ1n) is 5.72. The van der Waals surface area contributed by atoms with Crippen molar-refractivity contribution >= 4 is 0 Å². The van der Waals surface area contributed by atoms with Crippen LogP contribution in [-0.2, 0) is 9.47 Å². The van der Waals surface area contributed by atoms with Crippen LogP contribution >= 0.6 is 0 Å². The average molecular weight is 202 g/mol. The molecule has 0 saturated carbocycles. The molecule has 0 aromatic carbocycles. The normalized spacial score (nSPS) is 12.0. The molecule has 0 radical (unpaired) electrons. The summed E-state index contributed by atoms with van der Waals surface area (Å²) in [6.07, 6.45) is 6.24. The summed E-state index contributed by atoms with van der Waals surface area (Å²) >= 11 is 0. The van der Waals surface area contributed by atoms with E-state index in [4.69, 9.17) is 9.47 Å². The molecule has 2 nitrogen and oxygen atoms in total. The smallest absolute Gasteiger partial charge is 0.0540 e. The van der Waals surface area contributed by atoms with E-state index < -0.39 is 0 Å². The highest BCUT2D eigenvalue weighted by atomic mass is 16.5. The Bertz CT molecular complexity index is 117. The molecule has 0 aromatic rings. The Kier molecular flexibility index (Phi) is 8.20. The quantitative estimate of drug-likeness (QED) is 0.534. The minimum Gasteiger partial charge on any atom is -0.384 e. The molecule has 0 atom stereocenters. The van der Waals surface area contributed by atoms with E-state index in [2.05, 4.69) is 13.8 Å². The van der Waals surface area contributed by atoms with Gasteiger partial charge in [-0.25, -0.2) is 0 Å². The van der Waals surface area contributed by atoms with E-state index in [1.807, 2.05) is 0 Å². The molecule has 0 aliphatic heterocycles. The zero-order chi connectivity index (χ0) is 10.9. The second-order valence-electron chi connectivity index (χ2n) is 4.18. The molecule has 0 N–H and O–H groups in total. The van der Waals surface area contributed by atoms with Gasteiger partial charge in [-0.2, -0.15) is 0 Å². The van der Waals surface area contributed by atoms with Crippen LogP contribution in [0.3, 0.4) is 0 Å². The fraction of sp³-hybridized carbons (Fsp3) is 1.00. The molecule has 0 heterocycles. The monoisotopic (exact) mass is 202 g/mol. The Morgan fingerprint density at radius 2 is 1.50 bits per heavy atom. The maximum Gasteiger partial charge on any atom is 0.0540 e. The van der Waals surface area contributed by atoms with Crippen molar-refractivity contribution in [2.24, 2.45) is 5.41 Å². The van der Waals surface area contributed by atoms with Gasteiger partial charge < -0.3 is 9.47 Å². The molecule has 86 valence electrons. The summed E-state index contributed by atoms with van der Waals surface area (Å²) in [6, 6.07) is 0. The number of hydrogen-bond donors (Lipinski definition) is 0. The second-order valence-corrected chi connectivity index (χ2v) is 4.18. The molecule has 0 aliphatic rings. The predicted octanol–water partition coefficient (Wildman–Crippen LogP) is 3.26. The lowest BCUT2D eigenvalue weighted by Gasteiger charge is -2.31. The van der Waals surface area contributed by atoms with Crippen LogP contribution in [0.25, 0.3) is 0 Å². The van der Waals surface area contributed by atoms with Crippen LogP contribution in [0.1, 0.15) is 46.0 Å².